The maximum atomic E-state index is 12.8. The predicted octanol–water partition coefficient (Wildman–Crippen LogP) is 0.629. The Morgan fingerprint density at radius 2 is 1.81 bits per heavy atom. The maximum Gasteiger partial charge on any atom is 0.338 e. The average molecular weight is 357 g/mol. The molecule has 1 aliphatic rings. The van der Waals surface area contributed by atoms with Crippen molar-refractivity contribution >= 4 is 17.8 Å². The first kappa shape index (κ1) is 17.6. The van der Waals surface area contributed by atoms with Gasteiger partial charge in [0.2, 0.25) is 11.8 Å². The van der Waals surface area contributed by atoms with Crippen molar-refractivity contribution in [3.05, 3.63) is 41.9 Å². The van der Waals surface area contributed by atoms with Crippen LogP contribution in [-0.2, 0) is 4.74 Å². The molecule has 3 rings (SSSR count). The lowest BCUT2D eigenvalue weighted by Crippen LogP contribution is -2.49. The van der Waals surface area contributed by atoms with Crippen molar-refractivity contribution in [1.29, 1.82) is 0 Å². The molecule has 9 heteroatoms. The molecular weight excluding hydrogens is 338 g/mol. The van der Waals surface area contributed by atoms with Crippen LogP contribution in [0.15, 0.2) is 30.7 Å². The zero-order valence-electron chi connectivity index (χ0n) is 14.6. The summed E-state index contributed by atoms with van der Waals surface area (Å²) in [6.45, 7) is 2.11. The van der Waals surface area contributed by atoms with Crippen LogP contribution >= 0.6 is 0 Å². The molecule has 0 N–H and O–H groups in total. The van der Waals surface area contributed by atoms with Crippen LogP contribution in [-0.4, -0.2) is 72.1 Å². The minimum atomic E-state index is -0.556. The summed E-state index contributed by atoms with van der Waals surface area (Å²) in [4.78, 5) is 40.8. The second-order valence-corrected chi connectivity index (χ2v) is 5.59. The monoisotopic (exact) mass is 357 g/mol. The number of hydrogen-bond donors (Lipinski definition) is 0. The second-order valence-electron chi connectivity index (χ2n) is 5.59. The molecule has 0 radical (unpaired) electrons. The number of carbonyl (C=O) groups is 2. The lowest BCUT2D eigenvalue weighted by atomic mass is 10.1. The van der Waals surface area contributed by atoms with E-state index in [0.717, 1.165) is 0 Å². The summed E-state index contributed by atoms with van der Waals surface area (Å²) < 4.78 is 9.85. The molecule has 0 bridgehead atoms. The zero-order chi connectivity index (χ0) is 18.5. The SMILES string of the molecule is COC(=O)c1ccncc1C(=O)N1CCN(c2nccc(OC)n2)CC1. The number of esters is 1. The van der Waals surface area contributed by atoms with E-state index in [4.69, 9.17) is 9.47 Å². The van der Waals surface area contributed by atoms with Crippen LogP contribution in [0.25, 0.3) is 0 Å². The van der Waals surface area contributed by atoms with E-state index in [-0.39, 0.29) is 17.0 Å². The fraction of sp³-hybridized carbons (Fsp3) is 0.353. The van der Waals surface area contributed by atoms with E-state index in [9.17, 15) is 9.59 Å². The molecular formula is C17H19N5O4. The van der Waals surface area contributed by atoms with Crippen LogP contribution < -0.4 is 9.64 Å². The number of nitrogens with zero attached hydrogens (tertiary/aromatic N) is 5. The summed E-state index contributed by atoms with van der Waals surface area (Å²) in [5, 5.41) is 0. The molecule has 136 valence electrons. The largest absolute Gasteiger partial charge is 0.481 e. The van der Waals surface area contributed by atoms with Crippen molar-refractivity contribution in [3.63, 3.8) is 0 Å². The van der Waals surface area contributed by atoms with Gasteiger partial charge in [0.1, 0.15) is 0 Å². The van der Waals surface area contributed by atoms with Crippen molar-refractivity contribution in [2.45, 2.75) is 0 Å². The molecule has 1 aliphatic heterocycles. The number of piperazine rings is 1. The third-order valence-corrected chi connectivity index (χ3v) is 4.13. The Kier molecular flexibility index (Phi) is 5.26. The Hall–Kier alpha value is -3.23. The summed E-state index contributed by atoms with van der Waals surface area (Å²) in [7, 11) is 2.83. The molecule has 1 amide bonds. The predicted molar refractivity (Wildman–Crippen MR) is 92.3 cm³/mol. The van der Waals surface area contributed by atoms with Gasteiger partial charge in [0.25, 0.3) is 5.91 Å². The Bertz CT molecular complexity index is 805. The van der Waals surface area contributed by atoms with Crippen LogP contribution in [0, 0.1) is 0 Å². The number of aromatic nitrogens is 3. The first-order chi connectivity index (χ1) is 12.6. The van der Waals surface area contributed by atoms with E-state index in [1.54, 1.807) is 24.3 Å². The van der Waals surface area contributed by atoms with Crippen LogP contribution in [0.5, 0.6) is 5.88 Å². The topological polar surface area (TPSA) is 97.8 Å². The number of anilines is 1. The fourth-order valence-electron chi connectivity index (χ4n) is 2.73. The first-order valence-corrected chi connectivity index (χ1v) is 8.07. The number of ether oxygens (including phenoxy) is 2. The molecule has 0 spiro atoms. The molecule has 0 aromatic carbocycles. The lowest BCUT2D eigenvalue weighted by Gasteiger charge is -2.34. The van der Waals surface area contributed by atoms with Gasteiger partial charge in [-0.1, -0.05) is 0 Å². The Labute approximate surface area is 150 Å². The molecule has 0 unspecified atom stereocenters. The van der Waals surface area contributed by atoms with Gasteiger partial charge in [0, 0.05) is 50.8 Å². The second kappa shape index (κ2) is 7.77. The summed E-state index contributed by atoms with van der Waals surface area (Å²) in [6, 6.07) is 3.17. The maximum absolute atomic E-state index is 12.8. The van der Waals surface area contributed by atoms with Crippen LogP contribution in [0.3, 0.4) is 0 Å². The Balaban J connectivity index is 1.70. The van der Waals surface area contributed by atoms with Gasteiger partial charge in [-0.25, -0.2) is 9.78 Å². The minimum Gasteiger partial charge on any atom is -0.481 e. The highest BCUT2D eigenvalue weighted by Gasteiger charge is 2.27. The number of hydrogen-bond acceptors (Lipinski definition) is 8. The third kappa shape index (κ3) is 3.56. The van der Waals surface area contributed by atoms with Gasteiger partial charge in [-0.05, 0) is 6.07 Å². The summed E-state index contributed by atoms with van der Waals surface area (Å²) >= 11 is 0. The zero-order valence-corrected chi connectivity index (χ0v) is 14.6. The summed E-state index contributed by atoms with van der Waals surface area (Å²) in [5.41, 5.74) is 0.455. The van der Waals surface area contributed by atoms with Crippen molar-refractivity contribution in [2.24, 2.45) is 0 Å². The molecule has 0 atom stereocenters. The van der Waals surface area contributed by atoms with Crippen molar-refractivity contribution < 1.29 is 19.1 Å². The van der Waals surface area contributed by atoms with Crippen LogP contribution in [0.1, 0.15) is 20.7 Å². The normalized spacial score (nSPS) is 14.1. The average Bonchev–Trinajstić information content (AvgIpc) is 2.72. The smallest absolute Gasteiger partial charge is 0.338 e. The van der Waals surface area contributed by atoms with Gasteiger partial charge in [-0.3, -0.25) is 9.78 Å². The van der Waals surface area contributed by atoms with E-state index >= 15 is 0 Å². The summed E-state index contributed by atoms with van der Waals surface area (Å²) in [5.74, 6) is 0.253. The number of amides is 1. The van der Waals surface area contributed by atoms with Gasteiger partial charge in [-0.15, -0.1) is 0 Å². The minimum absolute atomic E-state index is 0.214. The van der Waals surface area contributed by atoms with Crippen molar-refractivity contribution in [2.75, 3.05) is 45.3 Å². The standard InChI is InChI=1S/C17H19N5O4/c1-25-14-4-6-19-17(20-14)22-9-7-21(8-10-22)15(23)13-11-18-5-3-12(13)16(24)26-2/h3-6,11H,7-10H2,1-2H3. The van der Waals surface area contributed by atoms with E-state index in [2.05, 4.69) is 15.0 Å². The molecule has 2 aromatic heterocycles. The lowest BCUT2D eigenvalue weighted by molar-refractivity contribution is 0.0589. The van der Waals surface area contributed by atoms with E-state index < -0.39 is 5.97 Å². The van der Waals surface area contributed by atoms with E-state index in [0.29, 0.717) is 38.0 Å². The quantitative estimate of drug-likeness (QED) is 0.735. The van der Waals surface area contributed by atoms with Gasteiger partial charge in [-0.2, -0.15) is 4.98 Å². The number of carbonyl (C=O) groups excluding carboxylic acids is 2. The van der Waals surface area contributed by atoms with Gasteiger partial charge < -0.3 is 19.3 Å². The highest BCUT2D eigenvalue weighted by molar-refractivity contribution is 6.05. The third-order valence-electron chi connectivity index (χ3n) is 4.13. The number of rotatable bonds is 4. The van der Waals surface area contributed by atoms with Crippen LogP contribution in [0.2, 0.25) is 0 Å². The molecule has 1 saturated heterocycles. The first-order valence-electron chi connectivity index (χ1n) is 8.07. The summed E-state index contributed by atoms with van der Waals surface area (Å²) in [6.07, 6.45) is 4.49. The highest BCUT2D eigenvalue weighted by atomic mass is 16.5. The highest BCUT2D eigenvalue weighted by Crippen LogP contribution is 2.17. The fourth-order valence-corrected chi connectivity index (χ4v) is 2.73. The number of pyridine rings is 1. The Morgan fingerprint density at radius 3 is 2.50 bits per heavy atom. The van der Waals surface area contributed by atoms with Gasteiger partial charge >= 0.3 is 5.97 Å². The molecule has 1 fully saturated rings. The Morgan fingerprint density at radius 1 is 1.04 bits per heavy atom. The molecule has 2 aromatic rings. The van der Waals surface area contributed by atoms with Gasteiger partial charge in [0.15, 0.2) is 0 Å². The van der Waals surface area contributed by atoms with Crippen molar-refractivity contribution in [1.82, 2.24) is 19.9 Å². The van der Waals surface area contributed by atoms with Gasteiger partial charge in [0.05, 0.1) is 25.3 Å². The number of methoxy groups -OCH3 is 2. The van der Waals surface area contributed by atoms with E-state index in [1.807, 2.05) is 4.90 Å². The van der Waals surface area contributed by atoms with Crippen LogP contribution in [0.4, 0.5) is 5.95 Å². The molecule has 26 heavy (non-hydrogen) atoms. The van der Waals surface area contributed by atoms with E-state index in [1.165, 1.54) is 25.6 Å². The molecule has 9 nitrogen and oxygen atoms in total. The molecule has 0 saturated carbocycles. The van der Waals surface area contributed by atoms with Crippen molar-refractivity contribution in [3.8, 4) is 5.88 Å². The molecule has 0 aliphatic carbocycles. The molecule has 3 heterocycles.